The van der Waals surface area contributed by atoms with Gasteiger partial charge in [-0.15, -0.1) is 0 Å². The van der Waals surface area contributed by atoms with Gasteiger partial charge in [-0.05, 0) is 19.2 Å². The Bertz CT molecular complexity index is 463. The van der Waals surface area contributed by atoms with Crippen LogP contribution in [0.3, 0.4) is 0 Å². The van der Waals surface area contributed by atoms with Gasteiger partial charge in [-0.3, -0.25) is 4.79 Å². The monoisotopic (exact) mass is 388 g/mol. The van der Waals surface area contributed by atoms with Crippen molar-refractivity contribution in [1.82, 2.24) is 0 Å². The Morgan fingerprint density at radius 1 is 1.23 bits per heavy atom. The van der Waals surface area contributed by atoms with Crippen LogP contribution in [0.15, 0.2) is 16.6 Å². The van der Waals surface area contributed by atoms with Crippen molar-refractivity contribution in [3.05, 3.63) is 28.0 Å². The van der Waals surface area contributed by atoms with Crippen molar-refractivity contribution in [2.75, 3.05) is 12.4 Å². The molecule has 0 aromatic heterocycles. The third-order valence-electron chi connectivity index (χ3n) is 2.17. The van der Waals surface area contributed by atoms with E-state index in [2.05, 4.69) is 40.8 Å². The second kappa shape index (κ2) is 11.4. The van der Waals surface area contributed by atoms with Gasteiger partial charge >= 0.3 is 6.18 Å². The summed E-state index contributed by atoms with van der Waals surface area (Å²) in [7, 11) is 1.50. The van der Waals surface area contributed by atoms with Gasteiger partial charge in [0.1, 0.15) is 5.82 Å². The summed E-state index contributed by atoms with van der Waals surface area (Å²) < 4.78 is 49.9. The molecule has 0 unspecified atom stereocenters. The van der Waals surface area contributed by atoms with E-state index in [9.17, 15) is 22.4 Å². The number of hydrogen-bond donors (Lipinski definition) is 2. The smallest absolute Gasteiger partial charge is 0.333 e. The highest BCUT2D eigenvalue weighted by molar-refractivity contribution is 9.10. The number of rotatable bonds is 2. The number of alkyl halides is 3. The van der Waals surface area contributed by atoms with Crippen LogP contribution in [-0.4, -0.2) is 13.0 Å². The quantitative estimate of drug-likeness (QED) is 0.704. The lowest BCUT2D eigenvalue weighted by Gasteiger charge is -2.11. The number of anilines is 1. The van der Waals surface area contributed by atoms with Crippen LogP contribution in [0.4, 0.5) is 23.2 Å². The summed E-state index contributed by atoms with van der Waals surface area (Å²) in [6, 6.07) is 1.20. The maximum atomic E-state index is 13.2. The molecule has 1 aromatic rings. The van der Waals surface area contributed by atoms with Crippen molar-refractivity contribution >= 4 is 27.5 Å². The highest BCUT2D eigenvalue weighted by Crippen LogP contribution is 2.37. The fraction of sp³-hybridized carbons (Fsp3) is 0.500. The third kappa shape index (κ3) is 8.99. The Hall–Kier alpha value is -1.15. The van der Waals surface area contributed by atoms with Crippen molar-refractivity contribution in [3.63, 3.8) is 0 Å². The number of nitrogens with two attached hydrogens (primary N) is 1. The summed E-state index contributed by atoms with van der Waals surface area (Å²) in [5.41, 5.74) is 3.08. The van der Waals surface area contributed by atoms with Gasteiger partial charge in [0, 0.05) is 11.4 Å². The van der Waals surface area contributed by atoms with E-state index < -0.39 is 23.5 Å². The first-order chi connectivity index (χ1) is 10.1. The van der Waals surface area contributed by atoms with Crippen molar-refractivity contribution in [2.45, 2.75) is 39.8 Å². The van der Waals surface area contributed by atoms with Gasteiger partial charge in [0.05, 0.1) is 11.3 Å². The van der Waals surface area contributed by atoms with E-state index in [-0.39, 0.29) is 10.2 Å². The first kappa shape index (κ1) is 23.1. The van der Waals surface area contributed by atoms with Gasteiger partial charge in [-0.25, -0.2) is 4.39 Å². The van der Waals surface area contributed by atoms with E-state index in [1.165, 1.54) is 19.9 Å². The first-order valence-electron chi connectivity index (χ1n) is 6.55. The lowest BCUT2D eigenvalue weighted by molar-refractivity contribution is -0.138. The minimum atomic E-state index is -4.64. The molecule has 1 amide bonds. The van der Waals surface area contributed by atoms with Crippen LogP contribution in [0.25, 0.3) is 0 Å². The molecule has 0 aliphatic rings. The number of halogens is 5. The van der Waals surface area contributed by atoms with E-state index in [1.54, 1.807) is 0 Å². The maximum absolute atomic E-state index is 13.2. The molecule has 0 aliphatic carbocycles. The largest absolute Gasteiger partial charge is 0.417 e. The number of carbonyl (C=O) groups is 1. The minimum Gasteiger partial charge on any atom is -0.333 e. The van der Waals surface area contributed by atoms with Crippen LogP contribution >= 0.6 is 15.9 Å². The van der Waals surface area contributed by atoms with Crippen molar-refractivity contribution in [2.24, 2.45) is 5.73 Å². The van der Waals surface area contributed by atoms with E-state index in [0.29, 0.717) is 6.07 Å². The number of carbonyl (C=O) groups excluding carboxylic acids is 1. The van der Waals surface area contributed by atoms with Gasteiger partial charge in [-0.1, -0.05) is 42.6 Å². The Balaban J connectivity index is 0. The average Bonchev–Trinajstić information content (AvgIpc) is 2.43. The predicted octanol–water partition coefficient (Wildman–Crippen LogP) is 4.95. The molecule has 0 bridgehead atoms. The topological polar surface area (TPSA) is 55.1 Å². The molecule has 128 valence electrons. The van der Waals surface area contributed by atoms with Crippen LogP contribution in [0.5, 0.6) is 0 Å². The molecule has 0 saturated heterocycles. The molecule has 0 aliphatic heterocycles. The molecule has 0 atom stereocenters. The van der Waals surface area contributed by atoms with E-state index >= 15 is 0 Å². The molecule has 8 heteroatoms. The Labute approximate surface area is 136 Å². The lowest BCUT2D eigenvalue weighted by atomic mass is 10.2. The Morgan fingerprint density at radius 3 is 2.00 bits per heavy atom. The van der Waals surface area contributed by atoms with E-state index in [4.69, 9.17) is 0 Å². The molecule has 0 heterocycles. The van der Waals surface area contributed by atoms with Gasteiger partial charge < -0.3 is 11.1 Å². The zero-order valence-corrected chi connectivity index (χ0v) is 14.5. The molecular weight excluding hydrogens is 368 g/mol. The lowest BCUT2D eigenvalue weighted by Crippen LogP contribution is -2.11. The summed E-state index contributed by atoms with van der Waals surface area (Å²) in [5, 5.41) is 2.08. The van der Waals surface area contributed by atoms with Crippen molar-refractivity contribution < 1.29 is 22.4 Å². The number of nitrogens with one attached hydrogen (secondary N) is 1. The average molecular weight is 389 g/mol. The zero-order chi connectivity index (χ0) is 17.9. The molecule has 0 radical (unpaired) electrons. The number of benzene rings is 1. The fourth-order valence-electron chi connectivity index (χ4n) is 1.05. The van der Waals surface area contributed by atoms with Crippen LogP contribution < -0.4 is 11.1 Å². The Kier molecular flexibility index (Phi) is 12.0. The molecule has 1 aromatic carbocycles. The molecule has 1 rings (SSSR count). The van der Waals surface area contributed by atoms with Crippen LogP contribution in [0.1, 0.15) is 39.2 Å². The highest BCUT2D eigenvalue weighted by atomic mass is 79.9. The van der Waals surface area contributed by atoms with Gasteiger partial charge in [-0.2, -0.15) is 13.2 Å². The fourth-order valence-corrected chi connectivity index (χ4v) is 1.62. The molecule has 3 nitrogen and oxygen atoms in total. The van der Waals surface area contributed by atoms with Gasteiger partial charge in [0.2, 0.25) is 5.91 Å². The van der Waals surface area contributed by atoms with Crippen molar-refractivity contribution in [1.29, 1.82) is 0 Å². The molecule has 0 saturated carbocycles. The summed E-state index contributed by atoms with van der Waals surface area (Å²) in [6.07, 6.45) is -2.01. The number of unbranched alkanes of at least 4 members (excludes halogenated alkanes) is 1. The molecule has 3 N–H and O–H groups in total. The molecular formula is C14H21BrF4N2O. The summed E-state index contributed by atoms with van der Waals surface area (Å²) in [4.78, 5) is 10.6. The SMILES string of the molecule is CC(=O)Nc1cc(Br)c(C(F)(F)F)cc1F.CCCC.CN. The zero-order valence-electron chi connectivity index (χ0n) is 12.9. The van der Waals surface area contributed by atoms with Gasteiger partial charge in [0.15, 0.2) is 0 Å². The number of hydrogen-bond acceptors (Lipinski definition) is 2. The first-order valence-corrected chi connectivity index (χ1v) is 7.34. The maximum Gasteiger partial charge on any atom is 0.417 e. The summed E-state index contributed by atoms with van der Waals surface area (Å²) in [6.45, 7) is 5.49. The van der Waals surface area contributed by atoms with Gasteiger partial charge in [0.25, 0.3) is 0 Å². The van der Waals surface area contributed by atoms with Crippen LogP contribution in [0, 0.1) is 5.82 Å². The highest BCUT2D eigenvalue weighted by Gasteiger charge is 2.34. The van der Waals surface area contributed by atoms with Crippen molar-refractivity contribution in [3.8, 4) is 0 Å². The standard InChI is InChI=1S/C9H6BrF4NO.C4H10.CH5N/c1-4(16)15-8-3-6(10)5(2-7(8)11)9(12,13)14;1-3-4-2;1-2/h2-3H,1H3,(H,15,16);3-4H2,1-2H3;2H2,1H3. The molecule has 0 fully saturated rings. The Morgan fingerprint density at radius 2 is 1.68 bits per heavy atom. The minimum absolute atomic E-state index is 0.299. The predicted molar refractivity (Wildman–Crippen MR) is 84.1 cm³/mol. The van der Waals surface area contributed by atoms with E-state index in [0.717, 1.165) is 13.0 Å². The van der Waals surface area contributed by atoms with Crippen LogP contribution in [0.2, 0.25) is 0 Å². The summed E-state index contributed by atoms with van der Waals surface area (Å²) >= 11 is 2.67. The normalized spacial score (nSPS) is 9.91. The molecule has 22 heavy (non-hydrogen) atoms. The van der Waals surface area contributed by atoms with E-state index in [1.807, 2.05) is 0 Å². The second-order valence-electron chi connectivity index (χ2n) is 3.99. The molecule has 0 spiro atoms. The summed E-state index contributed by atoms with van der Waals surface area (Å²) in [5.74, 6) is -1.70. The third-order valence-corrected chi connectivity index (χ3v) is 2.83. The second-order valence-corrected chi connectivity index (χ2v) is 4.85. The number of amides is 1. The van der Waals surface area contributed by atoms with Crippen LogP contribution in [-0.2, 0) is 11.0 Å².